The number of hydrogen-bond donors (Lipinski definition) is 4. The third-order valence-electron chi connectivity index (χ3n) is 2.99. The van der Waals surface area contributed by atoms with E-state index in [0.717, 1.165) is 0 Å². The van der Waals surface area contributed by atoms with E-state index in [1.165, 1.54) is 0 Å². The van der Waals surface area contributed by atoms with Gasteiger partial charge >= 0.3 is 6.09 Å². The summed E-state index contributed by atoms with van der Waals surface area (Å²) >= 11 is 0. The SMILES string of the molecule is CN=C(NCCCNC(=O)OC(C)(C)C)NCC(=O)NCc1ccco1. The molecule has 4 N–H and O–H groups in total. The molecule has 0 saturated carbocycles. The zero-order valence-corrected chi connectivity index (χ0v) is 15.8. The quantitative estimate of drug-likeness (QED) is 0.309. The van der Waals surface area contributed by atoms with Crippen LogP contribution in [0.15, 0.2) is 27.8 Å². The van der Waals surface area contributed by atoms with E-state index in [-0.39, 0.29) is 12.5 Å². The molecule has 0 aliphatic carbocycles. The monoisotopic (exact) mass is 367 g/mol. The molecular formula is C17H29N5O4. The Morgan fingerprint density at radius 3 is 2.50 bits per heavy atom. The fourth-order valence-electron chi connectivity index (χ4n) is 1.85. The normalized spacial score (nSPS) is 11.6. The van der Waals surface area contributed by atoms with Gasteiger partial charge in [0.05, 0.1) is 19.4 Å². The molecule has 0 atom stereocenters. The highest BCUT2D eigenvalue weighted by molar-refractivity contribution is 5.86. The van der Waals surface area contributed by atoms with E-state index in [1.54, 1.807) is 25.4 Å². The van der Waals surface area contributed by atoms with Crippen molar-refractivity contribution < 1.29 is 18.7 Å². The van der Waals surface area contributed by atoms with Crippen LogP contribution in [0.25, 0.3) is 0 Å². The molecule has 0 spiro atoms. The number of alkyl carbamates (subject to hydrolysis) is 1. The number of rotatable bonds is 8. The van der Waals surface area contributed by atoms with Crippen LogP contribution in [0.1, 0.15) is 33.0 Å². The van der Waals surface area contributed by atoms with E-state index < -0.39 is 11.7 Å². The van der Waals surface area contributed by atoms with Crippen molar-refractivity contribution in [1.29, 1.82) is 0 Å². The van der Waals surface area contributed by atoms with Gasteiger partial charge in [0.1, 0.15) is 11.4 Å². The van der Waals surface area contributed by atoms with E-state index >= 15 is 0 Å². The fraction of sp³-hybridized carbons (Fsp3) is 0.588. The summed E-state index contributed by atoms with van der Waals surface area (Å²) in [6.45, 7) is 6.94. The van der Waals surface area contributed by atoms with Crippen molar-refractivity contribution in [3.05, 3.63) is 24.2 Å². The van der Waals surface area contributed by atoms with Crippen molar-refractivity contribution in [2.45, 2.75) is 39.3 Å². The summed E-state index contributed by atoms with van der Waals surface area (Å²) in [7, 11) is 1.62. The Hall–Kier alpha value is -2.71. The Labute approximate surface area is 154 Å². The molecule has 1 aromatic heterocycles. The lowest BCUT2D eigenvalue weighted by Crippen LogP contribution is -2.43. The molecule has 0 fully saturated rings. The molecule has 0 saturated heterocycles. The number of carbonyl (C=O) groups is 2. The first-order valence-corrected chi connectivity index (χ1v) is 8.50. The van der Waals surface area contributed by atoms with E-state index in [0.29, 0.717) is 37.8 Å². The Morgan fingerprint density at radius 1 is 1.15 bits per heavy atom. The number of nitrogens with zero attached hydrogens (tertiary/aromatic N) is 1. The predicted molar refractivity (Wildman–Crippen MR) is 98.8 cm³/mol. The van der Waals surface area contributed by atoms with Crippen LogP contribution in [0, 0.1) is 0 Å². The smallest absolute Gasteiger partial charge is 0.407 e. The average Bonchev–Trinajstić information content (AvgIpc) is 3.07. The lowest BCUT2D eigenvalue weighted by Gasteiger charge is -2.19. The second-order valence-electron chi connectivity index (χ2n) is 6.49. The van der Waals surface area contributed by atoms with Crippen LogP contribution in [0.2, 0.25) is 0 Å². The predicted octanol–water partition coefficient (Wildman–Crippen LogP) is 0.976. The van der Waals surface area contributed by atoms with Crippen molar-refractivity contribution >= 4 is 18.0 Å². The molecule has 0 unspecified atom stereocenters. The Balaban J connectivity index is 2.11. The molecule has 26 heavy (non-hydrogen) atoms. The van der Waals surface area contributed by atoms with E-state index in [1.807, 2.05) is 20.8 Å². The lowest BCUT2D eigenvalue weighted by molar-refractivity contribution is -0.120. The van der Waals surface area contributed by atoms with Gasteiger partial charge in [0.25, 0.3) is 0 Å². The van der Waals surface area contributed by atoms with Crippen molar-refractivity contribution in [3.8, 4) is 0 Å². The van der Waals surface area contributed by atoms with Crippen LogP contribution in [-0.2, 0) is 16.1 Å². The molecule has 2 amide bonds. The largest absolute Gasteiger partial charge is 0.467 e. The third-order valence-corrected chi connectivity index (χ3v) is 2.99. The Morgan fingerprint density at radius 2 is 1.88 bits per heavy atom. The molecule has 0 radical (unpaired) electrons. The number of carbonyl (C=O) groups excluding carboxylic acids is 2. The molecule has 1 aromatic rings. The van der Waals surface area contributed by atoms with Crippen molar-refractivity contribution in [1.82, 2.24) is 21.3 Å². The number of hydrogen-bond acceptors (Lipinski definition) is 5. The van der Waals surface area contributed by atoms with Crippen molar-refractivity contribution in [2.24, 2.45) is 4.99 Å². The number of aliphatic imine (C=N–C) groups is 1. The number of amides is 2. The highest BCUT2D eigenvalue weighted by atomic mass is 16.6. The maximum Gasteiger partial charge on any atom is 0.407 e. The summed E-state index contributed by atoms with van der Waals surface area (Å²) in [5, 5.41) is 11.4. The summed E-state index contributed by atoms with van der Waals surface area (Å²) in [4.78, 5) is 27.3. The highest BCUT2D eigenvalue weighted by Gasteiger charge is 2.15. The van der Waals surface area contributed by atoms with Gasteiger partial charge in [-0.2, -0.15) is 0 Å². The molecule has 0 aliphatic rings. The van der Waals surface area contributed by atoms with Gasteiger partial charge in [-0.05, 0) is 39.3 Å². The van der Waals surface area contributed by atoms with Gasteiger partial charge in [0.2, 0.25) is 5.91 Å². The van der Waals surface area contributed by atoms with E-state index in [9.17, 15) is 9.59 Å². The maximum atomic E-state index is 11.8. The topological polar surface area (TPSA) is 117 Å². The van der Waals surface area contributed by atoms with Crippen molar-refractivity contribution in [2.75, 3.05) is 26.7 Å². The third kappa shape index (κ3) is 10.2. The number of ether oxygens (including phenoxy) is 1. The summed E-state index contributed by atoms with van der Waals surface area (Å²) in [5.74, 6) is 1.03. The minimum Gasteiger partial charge on any atom is -0.467 e. The van der Waals surface area contributed by atoms with Crippen LogP contribution in [0.4, 0.5) is 4.79 Å². The van der Waals surface area contributed by atoms with Crippen LogP contribution in [-0.4, -0.2) is 50.2 Å². The lowest BCUT2D eigenvalue weighted by atomic mass is 10.2. The van der Waals surface area contributed by atoms with Gasteiger partial charge < -0.3 is 30.4 Å². The number of nitrogens with one attached hydrogen (secondary N) is 4. The van der Waals surface area contributed by atoms with Crippen LogP contribution in [0.3, 0.4) is 0 Å². The van der Waals surface area contributed by atoms with Gasteiger partial charge in [-0.3, -0.25) is 9.79 Å². The Kier molecular flexibility index (Phi) is 9.04. The zero-order valence-electron chi connectivity index (χ0n) is 15.8. The van der Waals surface area contributed by atoms with Gasteiger partial charge in [0.15, 0.2) is 5.96 Å². The van der Waals surface area contributed by atoms with Gasteiger partial charge in [-0.25, -0.2) is 4.79 Å². The second-order valence-corrected chi connectivity index (χ2v) is 6.49. The zero-order chi connectivity index (χ0) is 19.4. The minimum atomic E-state index is -0.508. The average molecular weight is 367 g/mol. The summed E-state index contributed by atoms with van der Waals surface area (Å²) in [6, 6.07) is 3.56. The standard InChI is InChI=1S/C17H29N5O4/c1-17(2,3)26-16(24)20-9-6-8-19-15(18-4)22-12-14(23)21-11-13-7-5-10-25-13/h5,7,10H,6,8-9,11-12H2,1-4H3,(H,20,24)(H,21,23)(H2,18,19,22). The summed E-state index contributed by atoms with van der Waals surface area (Å²) in [5.41, 5.74) is -0.508. The van der Waals surface area contributed by atoms with Gasteiger partial charge in [-0.1, -0.05) is 0 Å². The highest BCUT2D eigenvalue weighted by Crippen LogP contribution is 2.06. The Bertz CT molecular complexity index is 578. The van der Waals surface area contributed by atoms with Gasteiger partial charge in [-0.15, -0.1) is 0 Å². The molecule has 1 heterocycles. The molecule has 0 aliphatic heterocycles. The molecule has 0 aromatic carbocycles. The maximum absolute atomic E-state index is 11.8. The molecule has 1 rings (SSSR count). The molecular weight excluding hydrogens is 338 g/mol. The first kappa shape index (κ1) is 21.3. The summed E-state index contributed by atoms with van der Waals surface area (Å²) in [6.07, 6.45) is 1.81. The van der Waals surface area contributed by atoms with E-state index in [4.69, 9.17) is 9.15 Å². The molecule has 146 valence electrons. The van der Waals surface area contributed by atoms with Crippen LogP contribution < -0.4 is 21.3 Å². The first-order chi connectivity index (χ1) is 12.3. The molecule has 9 nitrogen and oxygen atoms in total. The van der Waals surface area contributed by atoms with Crippen LogP contribution >= 0.6 is 0 Å². The minimum absolute atomic E-state index is 0.0938. The van der Waals surface area contributed by atoms with Gasteiger partial charge in [0, 0.05) is 20.1 Å². The second kappa shape index (κ2) is 11.0. The van der Waals surface area contributed by atoms with Crippen molar-refractivity contribution in [3.63, 3.8) is 0 Å². The number of guanidine groups is 1. The van der Waals surface area contributed by atoms with E-state index in [2.05, 4.69) is 26.3 Å². The fourth-order valence-corrected chi connectivity index (χ4v) is 1.85. The molecule has 9 heteroatoms. The first-order valence-electron chi connectivity index (χ1n) is 8.50. The van der Waals surface area contributed by atoms with Crippen LogP contribution in [0.5, 0.6) is 0 Å². The molecule has 0 bridgehead atoms. The number of furan rings is 1. The summed E-state index contributed by atoms with van der Waals surface area (Å²) < 4.78 is 10.3.